The summed E-state index contributed by atoms with van der Waals surface area (Å²) in [4.78, 5) is 22.1. The molecule has 0 saturated carbocycles. The summed E-state index contributed by atoms with van der Waals surface area (Å²) in [5.74, 6) is 0.938. The number of aromatic nitrogens is 4. The lowest BCUT2D eigenvalue weighted by atomic mass is 10.1. The number of hydrogen-bond donors (Lipinski definition) is 1. The smallest absolute Gasteiger partial charge is 0.395 e. The van der Waals surface area contributed by atoms with Crippen LogP contribution in [0.15, 0.2) is 78.9 Å². The van der Waals surface area contributed by atoms with Crippen molar-refractivity contribution in [2.75, 3.05) is 0 Å². The maximum absolute atomic E-state index is 11.9. The van der Waals surface area contributed by atoms with Crippen LogP contribution in [-0.2, 0) is 24.3 Å². The van der Waals surface area contributed by atoms with Gasteiger partial charge in [0.05, 0.1) is 4.92 Å². The van der Waals surface area contributed by atoms with E-state index >= 15 is 0 Å². The normalized spacial score (nSPS) is 11.6. The Morgan fingerprint density at radius 1 is 0.944 bits per heavy atom. The maximum atomic E-state index is 11.9. The van der Waals surface area contributed by atoms with E-state index in [0.29, 0.717) is 12.2 Å². The van der Waals surface area contributed by atoms with Crippen molar-refractivity contribution in [2.24, 2.45) is 0 Å². The van der Waals surface area contributed by atoms with E-state index in [2.05, 4.69) is 15.5 Å². The van der Waals surface area contributed by atoms with Crippen LogP contribution in [0.3, 0.4) is 0 Å². The lowest BCUT2D eigenvalue weighted by Gasteiger charge is -2.13. The lowest BCUT2D eigenvalue weighted by Crippen LogP contribution is -2.19. The van der Waals surface area contributed by atoms with Crippen molar-refractivity contribution in [2.45, 2.75) is 25.9 Å². The third kappa shape index (κ3) is 6.91. The molecule has 1 heterocycles. The van der Waals surface area contributed by atoms with E-state index in [1.807, 2.05) is 30.3 Å². The first kappa shape index (κ1) is 24.4. The molecule has 1 unspecified atom stereocenters. The van der Waals surface area contributed by atoms with Gasteiger partial charge in [0, 0.05) is 25.0 Å². The van der Waals surface area contributed by atoms with Gasteiger partial charge in [0.15, 0.2) is 12.1 Å². The molecule has 12 heteroatoms. The van der Waals surface area contributed by atoms with Crippen LogP contribution in [0.1, 0.15) is 17.0 Å². The Balaban J connectivity index is 1.23. The number of non-ortho nitro benzene ring substituents is 1. The third-order valence-corrected chi connectivity index (χ3v) is 4.98. The van der Waals surface area contributed by atoms with Crippen LogP contribution in [0.5, 0.6) is 11.5 Å². The van der Waals surface area contributed by atoms with Crippen LogP contribution in [0.4, 0.5) is 10.5 Å². The first-order valence-corrected chi connectivity index (χ1v) is 10.8. The third-order valence-electron chi connectivity index (χ3n) is 4.98. The number of benzene rings is 3. The van der Waals surface area contributed by atoms with Gasteiger partial charge in [-0.3, -0.25) is 10.1 Å². The van der Waals surface area contributed by atoms with Crippen molar-refractivity contribution in [3.63, 3.8) is 0 Å². The van der Waals surface area contributed by atoms with E-state index in [1.54, 1.807) is 24.3 Å². The predicted molar refractivity (Wildman–Crippen MR) is 124 cm³/mol. The fourth-order valence-electron chi connectivity index (χ4n) is 3.19. The van der Waals surface area contributed by atoms with Gasteiger partial charge in [-0.05, 0) is 45.8 Å². The second kappa shape index (κ2) is 11.6. The maximum Gasteiger partial charge on any atom is 0.519 e. The van der Waals surface area contributed by atoms with E-state index in [9.17, 15) is 20.0 Å². The molecule has 0 bridgehead atoms. The predicted octanol–water partition coefficient (Wildman–Crippen LogP) is 3.29. The Morgan fingerprint density at radius 2 is 1.58 bits per heavy atom. The highest BCUT2D eigenvalue weighted by atomic mass is 16.7. The molecule has 3 aromatic carbocycles. The molecule has 36 heavy (non-hydrogen) atoms. The van der Waals surface area contributed by atoms with E-state index in [1.165, 1.54) is 28.9 Å². The minimum absolute atomic E-state index is 0.0218. The summed E-state index contributed by atoms with van der Waals surface area (Å²) in [5, 5.41) is 32.5. The van der Waals surface area contributed by atoms with Gasteiger partial charge in [-0.15, -0.1) is 5.10 Å². The molecular formula is C24H21N5O7. The summed E-state index contributed by atoms with van der Waals surface area (Å²) in [7, 11) is 0. The molecule has 4 aromatic rings. The molecule has 0 aliphatic heterocycles. The number of ether oxygens (including phenoxy) is 3. The average Bonchev–Trinajstić information content (AvgIpc) is 3.31. The van der Waals surface area contributed by atoms with Gasteiger partial charge in [0.25, 0.3) is 5.69 Å². The number of hydrogen-bond acceptors (Lipinski definition) is 10. The Morgan fingerprint density at radius 3 is 2.22 bits per heavy atom. The fourth-order valence-corrected chi connectivity index (χ4v) is 3.19. The molecule has 0 spiro atoms. The van der Waals surface area contributed by atoms with E-state index < -0.39 is 17.4 Å². The Labute approximate surface area is 204 Å². The fraction of sp³-hybridized carbons (Fsp3) is 0.167. The van der Waals surface area contributed by atoms with Crippen molar-refractivity contribution < 1.29 is 29.0 Å². The second-order valence-electron chi connectivity index (χ2n) is 7.56. The van der Waals surface area contributed by atoms with Gasteiger partial charge < -0.3 is 19.3 Å². The van der Waals surface area contributed by atoms with Crippen molar-refractivity contribution in [1.82, 2.24) is 20.2 Å². The Bertz CT molecular complexity index is 1290. The number of carbonyl (C=O) groups excluding carboxylic acids is 1. The highest BCUT2D eigenvalue weighted by molar-refractivity contribution is 5.67. The highest BCUT2D eigenvalue weighted by Crippen LogP contribution is 2.19. The molecule has 12 nitrogen and oxygen atoms in total. The molecule has 184 valence electrons. The van der Waals surface area contributed by atoms with E-state index in [0.717, 1.165) is 11.1 Å². The Hall–Kier alpha value is -4.68. The largest absolute Gasteiger partial charge is 0.519 e. The van der Waals surface area contributed by atoms with Crippen molar-refractivity contribution >= 4 is 11.8 Å². The molecule has 1 aromatic heterocycles. The van der Waals surface area contributed by atoms with Gasteiger partial charge >= 0.3 is 6.16 Å². The number of carbonyl (C=O) groups is 1. The van der Waals surface area contributed by atoms with Crippen LogP contribution < -0.4 is 9.47 Å². The number of aliphatic hydroxyl groups excluding tert-OH is 1. The minimum atomic E-state index is -1.11. The first-order chi connectivity index (χ1) is 17.5. The van der Waals surface area contributed by atoms with Crippen LogP contribution in [0.25, 0.3) is 0 Å². The summed E-state index contributed by atoms with van der Waals surface area (Å²) < 4.78 is 17.1. The summed E-state index contributed by atoms with van der Waals surface area (Å²) in [6.07, 6.45) is -1.39. The number of nitrogens with zero attached hydrogens (tertiary/aromatic N) is 5. The second-order valence-corrected chi connectivity index (χ2v) is 7.56. The van der Waals surface area contributed by atoms with Gasteiger partial charge in [-0.2, -0.15) is 0 Å². The summed E-state index contributed by atoms with van der Waals surface area (Å²) in [6.45, 7) is -0.0218. The zero-order valence-electron chi connectivity index (χ0n) is 18.8. The highest BCUT2D eigenvalue weighted by Gasteiger charge is 2.13. The van der Waals surface area contributed by atoms with Gasteiger partial charge in [-0.25, -0.2) is 9.48 Å². The molecule has 4 rings (SSSR count). The topological polar surface area (TPSA) is 152 Å². The van der Waals surface area contributed by atoms with E-state index in [-0.39, 0.29) is 30.3 Å². The zero-order valence-corrected chi connectivity index (χ0v) is 18.8. The van der Waals surface area contributed by atoms with Crippen molar-refractivity contribution in [3.8, 4) is 11.5 Å². The molecule has 1 N–H and O–H groups in total. The van der Waals surface area contributed by atoms with Crippen LogP contribution in [0.2, 0.25) is 0 Å². The summed E-state index contributed by atoms with van der Waals surface area (Å²) in [6, 6.07) is 21.2. The standard InChI is InChI=1S/C24H21N5O7/c30-23(34-16-28-22(25-26-27-28)14-17-4-2-1-3-5-17)15-18-6-10-20(11-7-18)35-24(31)36-21-12-8-19(9-13-21)29(32)33/h1-13,23,30H,14-16H2. The quantitative estimate of drug-likeness (QED) is 0.115. The molecular weight excluding hydrogens is 470 g/mol. The number of rotatable bonds is 10. The number of nitro groups is 1. The van der Waals surface area contributed by atoms with Gasteiger partial charge in [0.1, 0.15) is 18.2 Å². The zero-order chi connectivity index (χ0) is 25.3. The Kier molecular flexibility index (Phi) is 7.90. The molecule has 0 amide bonds. The molecule has 0 aliphatic rings. The van der Waals surface area contributed by atoms with Crippen LogP contribution in [0, 0.1) is 10.1 Å². The number of aliphatic hydroxyl groups is 1. The molecule has 0 saturated heterocycles. The van der Waals surface area contributed by atoms with Crippen molar-refractivity contribution in [3.05, 3.63) is 106 Å². The van der Waals surface area contributed by atoms with Gasteiger partial charge in [-0.1, -0.05) is 42.5 Å². The molecule has 0 radical (unpaired) electrons. The SMILES string of the molecule is O=C(Oc1ccc(CC(O)OCn2nnnc2Cc2ccccc2)cc1)Oc1ccc([N+](=O)[O-])cc1. The first-order valence-electron chi connectivity index (χ1n) is 10.8. The van der Waals surface area contributed by atoms with Gasteiger partial charge in [0.2, 0.25) is 0 Å². The molecule has 0 aliphatic carbocycles. The summed E-state index contributed by atoms with van der Waals surface area (Å²) in [5.41, 5.74) is 1.66. The minimum Gasteiger partial charge on any atom is -0.395 e. The number of nitro benzene ring substituents is 1. The number of tetrazole rings is 1. The van der Waals surface area contributed by atoms with Crippen LogP contribution in [-0.4, -0.2) is 42.7 Å². The van der Waals surface area contributed by atoms with Crippen molar-refractivity contribution in [1.29, 1.82) is 0 Å². The lowest BCUT2D eigenvalue weighted by molar-refractivity contribution is -0.384. The molecule has 0 fully saturated rings. The summed E-state index contributed by atoms with van der Waals surface area (Å²) >= 11 is 0. The van der Waals surface area contributed by atoms with Crippen LogP contribution >= 0.6 is 0 Å². The average molecular weight is 491 g/mol. The molecule has 1 atom stereocenters. The monoisotopic (exact) mass is 491 g/mol. The van der Waals surface area contributed by atoms with E-state index in [4.69, 9.17) is 14.2 Å².